The largest absolute Gasteiger partial charge is 0.478 e. The van der Waals surface area contributed by atoms with Crippen molar-refractivity contribution in [1.29, 1.82) is 0 Å². The number of benzene rings is 2. The fourth-order valence-electron chi connectivity index (χ4n) is 4.17. The van der Waals surface area contributed by atoms with Gasteiger partial charge in [-0.05, 0) is 62.6 Å². The first kappa shape index (κ1) is 25.1. The molecule has 3 heterocycles. The summed E-state index contributed by atoms with van der Waals surface area (Å²) in [6.45, 7) is 3.15. The standard InChI is InChI=1S/C27H22Cl2N2O6/c1-27(2,34)25-16(24(31-37-25)23-17(28)4-3-5-18(23)29)13-35-22-11-10-20-19(30-22)9-8-14-6-7-15(26(32)33)12-21(14)36-20/h3-7,10-12,34H,8-9,13H2,1-2H3,(H,32,33). The number of aryl methyl sites for hydroxylation is 2. The Balaban J connectivity index is 1.44. The zero-order valence-corrected chi connectivity index (χ0v) is 21.4. The second-order valence-corrected chi connectivity index (χ2v) is 9.92. The van der Waals surface area contributed by atoms with Crippen LogP contribution < -0.4 is 9.47 Å². The van der Waals surface area contributed by atoms with Gasteiger partial charge in [0.2, 0.25) is 5.88 Å². The maximum atomic E-state index is 11.3. The van der Waals surface area contributed by atoms with Gasteiger partial charge in [0.25, 0.3) is 0 Å². The summed E-state index contributed by atoms with van der Waals surface area (Å²) in [5.74, 6) is 0.559. The Morgan fingerprint density at radius 1 is 1.08 bits per heavy atom. The van der Waals surface area contributed by atoms with Crippen molar-refractivity contribution in [2.75, 3.05) is 0 Å². The molecule has 0 radical (unpaired) electrons. The lowest BCUT2D eigenvalue weighted by molar-refractivity contribution is 0.0451. The van der Waals surface area contributed by atoms with Crippen molar-refractivity contribution in [3.63, 3.8) is 0 Å². The average molecular weight is 541 g/mol. The number of pyridine rings is 1. The predicted octanol–water partition coefficient (Wildman–Crippen LogP) is 6.44. The highest BCUT2D eigenvalue weighted by Crippen LogP contribution is 2.40. The number of aromatic nitrogens is 2. The zero-order chi connectivity index (χ0) is 26.3. The maximum absolute atomic E-state index is 11.3. The topological polar surface area (TPSA) is 115 Å². The predicted molar refractivity (Wildman–Crippen MR) is 137 cm³/mol. The molecular weight excluding hydrogens is 519 g/mol. The molecule has 0 saturated heterocycles. The summed E-state index contributed by atoms with van der Waals surface area (Å²) in [4.78, 5) is 16.0. The van der Waals surface area contributed by atoms with Crippen molar-refractivity contribution in [2.24, 2.45) is 0 Å². The van der Waals surface area contributed by atoms with Crippen LogP contribution in [0.3, 0.4) is 0 Å². The van der Waals surface area contributed by atoms with Gasteiger partial charge in [-0.25, -0.2) is 9.78 Å². The number of aromatic carboxylic acids is 1. The first-order chi connectivity index (χ1) is 17.6. The van der Waals surface area contributed by atoms with Gasteiger partial charge in [-0.1, -0.05) is 40.5 Å². The van der Waals surface area contributed by atoms with Crippen LogP contribution in [-0.2, 0) is 25.0 Å². The summed E-state index contributed by atoms with van der Waals surface area (Å²) in [5.41, 5.74) is 1.72. The number of hydrogen-bond acceptors (Lipinski definition) is 7. The van der Waals surface area contributed by atoms with E-state index in [0.29, 0.717) is 62.8 Å². The van der Waals surface area contributed by atoms with Crippen LogP contribution >= 0.6 is 23.2 Å². The van der Waals surface area contributed by atoms with Crippen molar-refractivity contribution in [1.82, 2.24) is 10.1 Å². The second kappa shape index (κ2) is 9.70. The van der Waals surface area contributed by atoms with Crippen molar-refractivity contribution >= 4 is 29.2 Å². The van der Waals surface area contributed by atoms with E-state index in [0.717, 1.165) is 5.56 Å². The molecule has 190 valence electrons. The molecule has 2 aromatic carbocycles. The van der Waals surface area contributed by atoms with E-state index < -0.39 is 11.6 Å². The third kappa shape index (κ3) is 5.00. The average Bonchev–Trinajstić information content (AvgIpc) is 3.17. The number of carboxylic acids is 1. The smallest absolute Gasteiger partial charge is 0.335 e. The van der Waals surface area contributed by atoms with E-state index in [1.165, 1.54) is 6.07 Å². The third-order valence-electron chi connectivity index (χ3n) is 5.98. The molecule has 0 atom stereocenters. The number of ether oxygens (including phenoxy) is 2. The number of carbonyl (C=O) groups is 1. The molecular formula is C27H22Cl2N2O6. The molecule has 2 N–H and O–H groups in total. The lowest BCUT2D eigenvalue weighted by Crippen LogP contribution is -2.17. The Morgan fingerprint density at radius 3 is 2.54 bits per heavy atom. The van der Waals surface area contributed by atoms with Gasteiger partial charge in [0.1, 0.15) is 29.4 Å². The van der Waals surface area contributed by atoms with Gasteiger partial charge in [0, 0.05) is 11.6 Å². The molecule has 0 saturated carbocycles. The minimum Gasteiger partial charge on any atom is -0.478 e. The molecule has 0 aliphatic carbocycles. The summed E-state index contributed by atoms with van der Waals surface area (Å²) >= 11 is 12.8. The number of rotatable bonds is 6. The molecule has 0 bridgehead atoms. The molecule has 5 rings (SSSR count). The second-order valence-electron chi connectivity index (χ2n) is 9.11. The normalized spacial score (nSPS) is 12.8. The summed E-state index contributed by atoms with van der Waals surface area (Å²) in [6.07, 6.45) is 1.21. The maximum Gasteiger partial charge on any atom is 0.335 e. The Hall–Kier alpha value is -3.59. The molecule has 0 fully saturated rings. The van der Waals surface area contributed by atoms with Crippen LogP contribution in [0.2, 0.25) is 10.0 Å². The molecule has 8 nitrogen and oxygen atoms in total. The van der Waals surface area contributed by atoms with Gasteiger partial charge in [-0.3, -0.25) is 0 Å². The van der Waals surface area contributed by atoms with Crippen LogP contribution in [0.15, 0.2) is 53.1 Å². The van der Waals surface area contributed by atoms with E-state index in [9.17, 15) is 15.0 Å². The summed E-state index contributed by atoms with van der Waals surface area (Å²) in [6, 6.07) is 13.3. The highest BCUT2D eigenvalue weighted by molar-refractivity contribution is 6.39. The molecule has 0 spiro atoms. The number of aliphatic hydroxyl groups is 1. The number of fused-ring (bicyclic) bond motifs is 2. The van der Waals surface area contributed by atoms with E-state index in [2.05, 4.69) is 10.1 Å². The Morgan fingerprint density at radius 2 is 1.84 bits per heavy atom. The van der Waals surface area contributed by atoms with E-state index in [1.54, 1.807) is 56.3 Å². The molecule has 0 amide bonds. The van der Waals surface area contributed by atoms with E-state index in [4.69, 9.17) is 37.2 Å². The molecule has 10 heteroatoms. The van der Waals surface area contributed by atoms with Crippen molar-refractivity contribution in [3.8, 4) is 28.6 Å². The lowest BCUT2D eigenvalue weighted by Gasteiger charge is -2.16. The van der Waals surface area contributed by atoms with E-state index >= 15 is 0 Å². The van der Waals surface area contributed by atoms with Crippen LogP contribution in [0.25, 0.3) is 11.3 Å². The number of carboxylic acid groups (broad SMARTS) is 1. The van der Waals surface area contributed by atoms with Gasteiger partial charge >= 0.3 is 5.97 Å². The minimum absolute atomic E-state index is 0.0193. The summed E-state index contributed by atoms with van der Waals surface area (Å²) < 4.78 is 17.5. The molecule has 4 aromatic rings. The molecule has 1 aliphatic rings. The van der Waals surface area contributed by atoms with Gasteiger partial charge < -0.3 is 24.2 Å². The van der Waals surface area contributed by atoms with Crippen LogP contribution in [0.4, 0.5) is 0 Å². The van der Waals surface area contributed by atoms with Crippen LogP contribution in [0.5, 0.6) is 17.4 Å². The zero-order valence-electron chi connectivity index (χ0n) is 19.9. The fraction of sp³-hybridized carbons (Fsp3) is 0.222. The number of hydrogen-bond donors (Lipinski definition) is 2. The van der Waals surface area contributed by atoms with Crippen molar-refractivity contribution in [3.05, 3.63) is 86.7 Å². The van der Waals surface area contributed by atoms with Crippen molar-refractivity contribution < 1.29 is 29.0 Å². The van der Waals surface area contributed by atoms with E-state index in [1.807, 2.05) is 0 Å². The number of nitrogens with zero attached hydrogens (tertiary/aromatic N) is 2. The SMILES string of the molecule is CC(C)(O)c1onc(-c2c(Cl)cccc2Cl)c1COc1ccc2c(n1)CCc1ccc(C(=O)O)cc1O2. The van der Waals surface area contributed by atoms with Gasteiger partial charge in [-0.2, -0.15) is 0 Å². The van der Waals surface area contributed by atoms with Crippen LogP contribution in [0, 0.1) is 0 Å². The Kier molecular flexibility index (Phi) is 6.58. The third-order valence-corrected chi connectivity index (χ3v) is 6.61. The molecule has 37 heavy (non-hydrogen) atoms. The molecule has 0 unspecified atom stereocenters. The first-order valence-electron chi connectivity index (χ1n) is 11.4. The summed E-state index contributed by atoms with van der Waals surface area (Å²) in [7, 11) is 0. The Labute approximate surface area is 222 Å². The Bertz CT molecular complexity index is 1490. The fourth-order valence-corrected chi connectivity index (χ4v) is 4.75. The highest BCUT2D eigenvalue weighted by atomic mass is 35.5. The molecule has 2 aromatic heterocycles. The lowest BCUT2D eigenvalue weighted by atomic mass is 9.98. The van der Waals surface area contributed by atoms with Crippen LogP contribution in [0.1, 0.15) is 46.8 Å². The molecule has 1 aliphatic heterocycles. The van der Waals surface area contributed by atoms with E-state index in [-0.39, 0.29) is 17.9 Å². The van der Waals surface area contributed by atoms with Gasteiger partial charge in [-0.15, -0.1) is 0 Å². The quantitative estimate of drug-likeness (QED) is 0.287. The van der Waals surface area contributed by atoms with Crippen molar-refractivity contribution in [2.45, 2.75) is 38.9 Å². The van der Waals surface area contributed by atoms with Crippen LogP contribution in [-0.4, -0.2) is 26.3 Å². The number of halogens is 2. The van der Waals surface area contributed by atoms with Gasteiger partial charge in [0.15, 0.2) is 5.76 Å². The highest BCUT2D eigenvalue weighted by Gasteiger charge is 2.31. The first-order valence-corrected chi connectivity index (χ1v) is 12.2. The minimum atomic E-state index is -1.34. The van der Waals surface area contributed by atoms with Gasteiger partial charge in [0.05, 0.1) is 26.9 Å². The monoisotopic (exact) mass is 540 g/mol. The summed E-state index contributed by atoms with van der Waals surface area (Å²) in [5, 5.41) is 24.9.